The summed E-state index contributed by atoms with van der Waals surface area (Å²) in [6, 6.07) is 16.4. The molecule has 1 aliphatic rings. The molecule has 3 aromatic rings. The van der Waals surface area contributed by atoms with E-state index in [-0.39, 0.29) is 5.78 Å². The second-order valence-corrected chi connectivity index (χ2v) is 8.02. The maximum Gasteiger partial charge on any atom is 0.415 e. The highest BCUT2D eigenvalue weighted by atomic mass is 16.6. The van der Waals surface area contributed by atoms with Gasteiger partial charge in [0.2, 0.25) is 5.78 Å². The van der Waals surface area contributed by atoms with Gasteiger partial charge in [0.1, 0.15) is 11.6 Å². The molecule has 1 amide bonds. The van der Waals surface area contributed by atoms with E-state index in [4.69, 9.17) is 4.74 Å². The molecule has 0 aliphatic carbocycles. The number of aromatic nitrogens is 2. The van der Waals surface area contributed by atoms with E-state index in [0.717, 1.165) is 11.3 Å². The number of ketones is 1. The lowest BCUT2D eigenvalue weighted by Gasteiger charge is -2.28. The van der Waals surface area contributed by atoms with E-state index in [0.29, 0.717) is 17.9 Å². The third kappa shape index (κ3) is 3.66. The van der Waals surface area contributed by atoms with E-state index in [1.54, 1.807) is 17.0 Å². The van der Waals surface area contributed by atoms with Gasteiger partial charge >= 0.3 is 6.09 Å². The third-order valence-electron chi connectivity index (χ3n) is 4.76. The standard InChI is InChI=1S/C23H23N3O3/c1-23(2,3)29-22(28)26-18-12-8-7-9-16(18)15-19(26)20(27)21-24-13-14-25(21)17-10-5-4-6-11-17/h4-14,19H,15H2,1-3H3. The maximum absolute atomic E-state index is 13.5. The maximum atomic E-state index is 13.5. The Labute approximate surface area is 169 Å². The summed E-state index contributed by atoms with van der Waals surface area (Å²) < 4.78 is 7.35. The van der Waals surface area contributed by atoms with Gasteiger partial charge in [-0.3, -0.25) is 14.3 Å². The number of carbonyl (C=O) groups is 2. The van der Waals surface area contributed by atoms with Crippen molar-refractivity contribution in [2.45, 2.75) is 38.8 Å². The fraction of sp³-hybridized carbons (Fsp3) is 0.261. The fourth-order valence-corrected chi connectivity index (χ4v) is 3.56. The molecule has 6 nitrogen and oxygen atoms in total. The Morgan fingerprint density at radius 2 is 1.72 bits per heavy atom. The van der Waals surface area contributed by atoms with Crippen LogP contribution in [0.1, 0.15) is 37.0 Å². The zero-order chi connectivity index (χ0) is 20.6. The van der Waals surface area contributed by atoms with Crippen LogP contribution in [0.3, 0.4) is 0 Å². The van der Waals surface area contributed by atoms with Gasteiger partial charge in [0.25, 0.3) is 0 Å². The van der Waals surface area contributed by atoms with Gasteiger partial charge in [-0.2, -0.15) is 0 Å². The van der Waals surface area contributed by atoms with Crippen molar-refractivity contribution < 1.29 is 14.3 Å². The van der Waals surface area contributed by atoms with Gasteiger partial charge in [-0.15, -0.1) is 0 Å². The molecule has 0 N–H and O–H groups in total. The Balaban J connectivity index is 1.72. The second-order valence-electron chi connectivity index (χ2n) is 8.02. The number of ether oxygens (including phenoxy) is 1. The van der Waals surface area contributed by atoms with Crippen molar-refractivity contribution in [2.24, 2.45) is 0 Å². The first-order valence-electron chi connectivity index (χ1n) is 9.58. The number of Topliss-reactive ketones (excluding diaryl/α,β-unsaturated/α-hetero) is 1. The number of hydrogen-bond acceptors (Lipinski definition) is 4. The lowest BCUT2D eigenvalue weighted by atomic mass is 10.1. The van der Waals surface area contributed by atoms with Crippen molar-refractivity contribution in [3.63, 3.8) is 0 Å². The molecule has 1 unspecified atom stereocenters. The van der Waals surface area contributed by atoms with Gasteiger partial charge in [-0.25, -0.2) is 9.78 Å². The van der Waals surface area contributed by atoms with Gasteiger partial charge in [0, 0.05) is 24.5 Å². The Morgan fingerprint density at radius 1 is 1.03 bits per heavy atom. The molecular weight excluding hydrogens is 366 g/mol. The Bertz CT molecular complexity index is 1050. The first-order chi connectivity index (χ1) is 13.8. The molecule has 0 spiro atoms. The topological polar surface area (TPSA) is 64.4 Å². The normalized spacial score (nSPS) is 15.8. The van der Waals surface area contributed by atoms with Crippen LogP contribution in [0.4, 0.5) is 10.5 Å². The summed E-state index contributed by atoms with van der Waals surface area (Å²) in [7, 11) is 0. The number of anilines is 1. The van der Waals surface area contributed by atoms with E-state index >= 15 is 0 Å². The number of para-hydroxylation sites is 2. The van der Waals surface area contributed by atoms with Crippen LogP contribution in [0.2, 0.25) is 0 Å². The number of nitrogens with zero attached hydrogens (tertiary/aromatic N) is 3. The summed E-state index contributed by atoms with van der Waals surface area (Å²) in [5, 5.41) is 0. The van der Waals surface area contributed by atoms with Crippen LogP contribution in [0.15, 0.2) is 67.0 Å². The van der Waals surface area contributed by atoms with Gasteiger partial charge in [-0.05, 0) is 44.5 Å². The minimum Gasteiger partial charge on any atom is -0.443 e. The number of fused-ring (bicyclic) bond motifs is 1. The van der Waals surface area contributed by atoms with Crippen LogP contribution in [0.25, 0.3) is 5.69 Å². The Hall–Kier alpha value is -3.41. The van der Waals surface area contributed by atoms with Gasteiger partial charge in [0.05, 0.1) is 5.69 Å². The molecular formula is C23H23N3O3. The van der Waals surface area contributed by atoms with Crippen LogP contribution in [-0.2, 0) is 11.2 Å². The van der Waals surface area contributed by atoms with Crippen LogP contribution in [0.5, 0.6) is 0 Å². The largest absolute Gasteiger partial charge is 0.443 e. The van der Waals surface area contributed by atoms with Crippen molar-refractivity contribution in [2.75, 3.05) is 4.90 Å². The number of rotatable bonds is 3. The van der Waals surface area contributed by atoms with Crippen LogP contribution in [-0.4, -0.2) is 33.1 Å². The monoisotopic (exact) mass is 389 g/mol. The van der Waals surface area contributed by atoms with Crippen molar-refractivity contribution in [3.8, 4) is 5.69 Å². The first kappa shape index (κ1) is 18.9. The molecule has 1 atom stereocenters. The molecule has 6 heteroatoms. The quantitative estimate of drug-likeness (QED) is 0.622. The van der Waals surface area contributed by atoms with Gasteiger partial charge < -0.3 is 4.74 Å². The molecule has 1 aliphatic heterocycles. The molecule has 29 heavy (non-hydrogen) atoms. The molecule has 0 fully saturated rings. The number of amides is 1. The minimum atomic E-state index is -0.702. The van der Waals surface area contributed by atoms with Gasteiger partial charge in [0.15, 0.2) is 5.82 Å². The van der Waals surface area contributed by atoms with E-state index in [1.165, 1.54) is 4.90 Å². The zero-order valence-corrected chi connectivity index (χ0v) is 16.7. The van der Waals surface area contributed by atoms with E-state index in [9.17, 15) is 9.59 Å². The number of benzene rings is 2. The fourth-order valence-electron chi connectivity index (χ4n) is 3.56. The molecule has 1 aromatic heterocycles. The van der Waals surface area contributed by atoms with Crippen molar-refractivity contribution in [3.05, 3.63) is 78.4 Å². The van der Waals surface area contributed by atoms with Crippen molar-refractivity contribution in [1.82, 2.24) is 9.55 Å². The highest BCUT2D eigenvalue weighted by Crippen LogP contribution is 2.34. The average Bonchev–Trinajstić information content (AvgIpc) is 3.31. The summed E-state index contributed by atoms with van der Waals surface area (Å²) in [4.78, 5) is 32.3. The number of imidazole rings is 1. The molecule has 0 bridgehead atoms. The smallest absolute Gasteiger partial charge is 0.415 e. The summed E-state index contributed by atoms with van der Waals surface area (Å²) >= 11 is 0. The molecule has 0 saturated carbocycles. The molecule has 2 heterocycles. The summed E-state index contributed by atoms with van der Waals surface area (Å²) in [5.41, 5.74) is 1.82. The van der Waals surface area contributed by atoms with Crippen LogP contribution in [0, 0.1) is 0 Å². The lowest BCUT2D eigenvalue weighted by Crippen LogP contribution is -2.46. The predicted octanol–water partition coefficient (Wildman–Crippen LogP) is 4.42. The Morgan fingerprint density at radius 3 is 2.45 bits per heavy atom. The van der Waals surface area contributed by atoms with E-state index in [1.807, 2.05) is 75.4 Å². The summed E-state index contributed by atoms with van der Waals surface area (Å²) in [6.07, 6.45) is 3.25. The Kier molecular flexibility index (Phi) is 4.70. The third-order valence-corrected chi connectivity index (χ3v) is 4.76. The lowest BCUT2D eigenvalue weighted by molar-refractivity contribution is 0.0558. The van der Waals surface area contributed by atoms with Crippen molar-refractivity contribution in [1.29, 1.82) is 0 Å². The zero-order valence-electron chi connectivity index (χ0n) is 16.7. The van der Waals surface area contributed by atoms with Crippen LogP contribution < -0.4 is 4.90 Å². The molecule has 4 rings (SSSR count). The van der Waals surface area contributed by atoms with Gasteiger partial charge in [-0.1, -0.05) is 36.4 Å². The number of hydrogen-bond donors (Lipinski definition) is 0. The molecule has 148 valence electrons. The average molecular weight is 389 g/mol. The minimum absolute atomic E-state index is 0.221. The highest BCUT2D eigenvalue weighted by Gasteiger charge is 2.41. The van der Waals surface area contributed by atoms with Crippen molar-refractivity contribution >= 4 is 17.6 Å². The molecule has 0 saturated heterocycles. The second kappa shape index (κ2) is 7.20. The molecule has 0 radical (unpaired) electrons. The SMILES string of the molecule is CC(C)(C)OC(=O)N1c2ccccc2CC1C(=O)c1nccn1-c1ccccc1. The van der Waals surface area contributed by atoms with E-state index < -0.39 is 17.7 Å². The van der Waals surface area contributed by atoms with Crippen LogP contribution >= 0.6 is 0 Å². The van der Waals surface area contributed by atoms with E-state index in [2.05, 4.69) is 4.98 Å². The highest BCUT2D eigenvalue weighted by molar-refractivity contribution is 6.07. The summed E-state index contributed by atoms with van der Waals surface area (Å²) in [6.45, 7) is 5.43. The number of carbonyl (C=O) groups excluding carboxylic acids is 2. The summed E-state index contributed by atoms with van der Waals surface area (Å²) in [5.74, 6) is 0.0727. The molecule has 2 aromatic carbocycles. The first-order valence-corrected chi connectivity index (χ1v) is 9.58. The predicted molar refractivity (Wildman–Crippen MR) is 111 cm³/mol.